The predicted molar refractivity (Wildman–Crippen MR) is 74.6 cm³/mol. The number of aromatic nitrogens is 1. The molecule has 1 aliphatic heterocycles. The number of hydrogen-bond donors (Lipinski definition) is 1. The van der Waals surface area contributed by atoms with Crippen molar-refractivity contribution in [1.82, 2.24) is 4.98 Å². The minimum absolute atomic E-state index is 0.416. The highest BCUT2D eigenvalue weighted by Gasteiger charge is 2.47. The zero-order chi connectivity index (χ0) is 13.7. The van der Waals surface area contributed by atoms with Crippen LogP contribution >= 0.6 is 0 Å². The largest absolute Gasteiger partial charge is 0.437 e. The molecule has 2 heterocycles. The monoisotopic (exact) mass is 266 g/mol. The van der Waals surface area contributed by atoms with Gasteiger partial charge >= 0.3 is 6.09 Å². The molecule has 0 saturated carbocycles. The summed E-state index contributed by atoms with van der Waals surface area (Å²) in [7, 11) is 0. The van der Waals surface area contributed by atoms with Crippen LogP contribution in [0.25, 0.3) is 0 Å². The van der Waals surface area contributed by atoms with Crippen LogP contribution in [0.15, 0.2) is 36.5 Å². The lowest BCUT2D eigenvalue weighted by atomic mass is 9.90. The second kappa shape index (κ2) is 3.82. The van der Waals surface area contributed by atoms with E-state index in [1.165, 1.54) is 16.7 Å². The van der Waals surface area contributed by atoms with Crippen LogP contribution in [0.4, 0.5) is 10.6 Å². The van der Waals surface area contributed by atoms with Crippen molar-refractivity contribution in [1.29, 1.82) is 0 Å². The standard InChI is InChI=1S/C16H14N2O2/c1-10-4-5-11-8-16(9-12(11)7-10)13-3-2-6-17-14(13)18-15(19)20-16/h2-7H,8-9H2,1H3,(H,17,18,19). The Morgan fingerprint density at radius 3 is 3.00 bits per heavy atom. The Morgan fingerprint density at radius 1 is 1.25 bits per heavy atom. The highest BCUT2D eigenvalue weighted by Crippen LogP contribution is 2.45. The van der Waals surface area contributed by atoms with Gasteiger partial charge in [-0.3, -0.25) is 5.32 Å². The van der Waals surface area contributed by atoms with Crippen LogP contribution < -0.4 is 5.32 Å². The van der Waals surface area contributed by atoms with Gasteiger partial charge in [-0.05, 0) is 30.2 Å². The Balaban J connectivity index is 1.86. The van der Waals surface area contributed by atoms with Gasteiger partial charge in [-0.2, -0.15) is 0 Å². The van der Waals surface area contributed by atoms with E-state index >= 15 is 0 Å². The highest BCUT2D eigenvalue weighted by molar-refractivity contribution is 5.87. The van der Waals surface area contributed by atoms with Crippen LogP contribution in [0.3, 0.4) is 0 Å². The molecule has 0 bridgehead atoms. The first kappa shape index (κ1) is 11.5. The molecule has 1 aromatic carbocycles. The molecule has 1 atom stereocenters. The first-order chi connectivity index (χ1) is 9.66. The smallest absolute Gasteiger partial charge is 0.413 e. The molecule has 1 N–H and O–H groups in total. The summed E-state index contributed by atoms with van der Waals surface area (Å²) in [6, 6.07) is 10.3. The third kappa shape index (κ3) is 1.54. The van der Waals surface area contributed by atoms with Gasteiger partial charge in [0, 0.05) is 24.6 Å². The number of anilines is 1. The zero-order valence-corrected chi connectivity index (χ0v) is 11.1. The fraction of sp³-hybridized carbons (Fsp3) is 0.250. The van der Waals surface area contributed by atoms with Gasteiger partial charge in [-0.15, -0.1) is 0 Å². The van der Waals surface area contributed by atoms with Gasteiger partial charge in [-0.25, -0.2) is 9.78 Å². The summed E-state index contributed by atoms with van der Waals surface area (Å²) in [5.74, 6) is 0.619. The molecule has 2 aromatic rings. The number of fused-ring (bicyclic) bond motifs is 3. The van der Waals surface area contributed by atoms with E-state index in [1.807, 2.05) is 12.1 Å². The second-order valence-corrected chi connectivity index (χ2v) is 5.53. The van der Waals surface area contributed by atoms with E-state index in [2.05, 4.69) is 35.4 Å². The first-order valence-corrected chi connectivity index (χ1v) is 6.70. The summed E-state index contributed by atoms with van der Waals surface area (Å²) in [6.07, 6.45) is 2.70. The van der Waals surface area contributed by atoms with Gasteiger partial charge < -0.3 is 4.74 Å². The van der Waals surface area contributed by atoms with Crippen LogP contribution in [-0.2, 0) is 23.2 Å². The Hall–Kier alpha value is -2.36. The lowest BCUT2D eigenvalue weighted by Crippen LogP contribution is -2.40. The summed E-state index contributed by atoms with van der Waals surface area (Å²) >= 11 is 0. The minimum Gasteiger partial charge on any atom is -0.437 e. The maximum Gasteiger partial charge on any atom is 0.413 e. The normalized spacial score (nSPS) is 22.9. The molecule has 4 heteroatoms. The molecular formula is C16H14N2O2. The molecule has 1 amide bonds. The van der Waals surface area contributed by atoms with Gasteiger partial charge in [0.05, 0.1) is 0 Å². The number of rotatable bonds is 0. The number of carbonyl (C=O) groups is 1. The van der Waals surface area contributed by atoms with Crippen molar-refractivity contribution in [3.8, 4) is 0 Å². The molecule has 4 rings (SSSR count). The van der Waals surface area contributed by atoms with Crippen LogP contribution in [-0.4, -0.2) is 11.1 Å². The fourth-order valence-electron chi connectivity index (χ4n) is 3.26. The van der Waals surface area contributed by atoms with Crippen molar-refractivity contribution in [2.75, 3.05) is 5.32 Å². The van der Waals surface area contributed by atoms with Crippen molar-refractivity contribution >= 4 is 11.9 Å². The maximum absolute atomic E-state index is 11.8. The Labute approximate surface area is 116 Å². The molecule has 1 spiro atoms. The molecule has 4 nitrogen and oxygen atoms in total. The molecule has 2 aliphatic rings. The number of hydrogen-bond acceptors (Lipinski definition) is 3. The van der Waals surface area contributed by atoms with Crippen LogP contribution in [0, 0.1) is 6.92 Å². The molecule has 1 aromatic heterocycles. The minimum atomic E-state index is -0.595. The highest BCUT2D eigenvalue weighted by atomic mass is 16.6. The third-order valence-corrected chi connectivity index (χ3v) is 4.12. The molecular weight excluding hydrogens is 252 g/mol. The van der Waals surface area contributed by atoms with Gasteiger partial charge in [0.15, 0.2) is 5.60 Å². The van der Waals surface area contributed by atoms with Crippen molar-refractivity contribution in [3.63, 3.8) is 0 Å². The van der Waals surface area contributed by atoms with E-state index in [9.17, 15) is 4.79 Å². The lowest BCUT2D eigenvalue weighted by Gasteiger charge is -2.34. The van der Waals surface area contributed by atoms with Crippen molar-refractivity contribution in [2.24, 2.45) is 0 Å². The first-order valence-electron chi connectivity index (χ1n) is 6.70. The number of nitrogens with zero attached hydrogens (tertiary/aromatic N) is 1. The number of aryl methyl sites for hydroxylation is 1. The van der Waals surface area contributed by atoms with Crippen LogP contribution in [0.5, 0.6) is 0 Å². The van der Waals surface area contributed by atoms with Crippen molar-refractivity contribution < 1.29 is 9.53 Å². The number of amides is 1. The van der Waals surface area contributed by atoms with E-state index in [4.69, 9.17) is 4.74 Å². The third-order valence-electron chi connectivity index (χ3n) is 4.12. The summed E-state index contributed by atoms with van der Waals surface area (Å²) in [4.78, 5) is 16.1. The maximum atomic E-state index is 11.8. The second-order valence-electron chi connectivity index (χ2n) is 5.53. The Morgan fingerprint density at radius 2 is 2.10 bits per heavy atom. The van der Waals surface area contributed by atoms with Crippen molar-refractivity contribution in [3.05, 3.63) is 58.8 Å². The SMILES string of the molecule is Cc1ccc2c(c1)CC1(C2)OC(=O)Nc2ncccc21. The molecule has 0 radical (unpaired) electrons. The molecule has 1 unspecified atom stereocenters. The number of carbonyl (C=O) groups excluding carboxylic acids is 1. The Kier molecular flexibility index (Phi) is 2.19. The van der Waals surface area contributed by atoms with E-state index in [0.29, 0.717) is 12.2 Å². The predicted octanol–water partition coefficient (Wildman–Crippen LogP) is 2.95. The van der Waals surface area contributed by atoms with Crippen LogP contribution in [0.1, 0.15) is 22.3 Å². The lowest BCUT2D eigenvalue weighted by molar-refractivity contribution is 0.0194. The summed E-state index contributed by atoms with van der Waals surface area (Å²) in [5.41, 5.74) is 4.11. The van der Waals surface area contributed by atoms with E-state index in [1.54, 1.807) is 6.20 Å². The quantitative estimate of drug-likeness (QED) is 0.797. The van der Waals surface area contributed by atoms with E-state index in [0.717, 1.165) is 12.0 Å². The number of ether oxygens (including phenoxy) is 1. The van der Waals surface area contributed by atoms with Crippen LogP contribution in [0.2, 0.25) is 0 Å². The van der Waals surface area contributed by atoms with E-state index < -0.39 is 11.7 Å². The van der Waals surface area contributed by atoms with E-state index in [-0.39, 0.29) is 0 Å². The summed E-state index contributed by atoms with van der Waals surface area (Å²) < 4.78 is 5.69. The molecule has 1 aliphatic carbocycles. The molecule has 20 heavy (non-hydrogen) atoms. The number of nitrogens with one attached hydrogen (secondary N) is 1. The molecule has 0 saturated heterocycles. The Bertz CT molecular complexity index is 726. The van der Waals surface area contributed by atoms with Crippen molar-refractivity contribution in [2.45, 2.75) is 25.4 Å². The molecule has 100 valence electrons. The average Bonchev–Trinajstić information content (AvgIpc) is 2.76. The fourth-order valence-corrected chi connectivity index (χ4v) is 3.26. The molecule has 0 fully saturated rings. The summed E-state index contributed by atoms with van der Waals surface area (Å²) in [6.45, 7) is 2.08. The van der Waals surface area contributed by atoms with Gasteiger partial charge in [0.2, 0.25) is 0 Å². The zero-order valence-electron chi connectivity index (χ0n) is 11.1. The van der Waals surface area contributed by atoms with Gasteiger partial charge in [0.25, 0.3) is 0 Å². The van der Waals surface area contributed by atoms with Gasteiger partial charge in [0.1, 0.15) is 5.82 Å². The number of pyridine rings is 1. The topological polar surface area (TPSA) is 51.2 Å². The summed E-state index contributed by atoms with van der Waals surface area (Å²) in [5, 5.41) is 2.68. The average molecular weight is 266 g/mol. The van der Waals surface area contributed by atoms with Gasteiger partial charge in [-0.1, -0.05) is 23.8 Å². The number of benzene rings is 1.